The molecular formula is C36H54O12S2. The van der Waals surface area contributed by atoms with Gasteiger partial charge in [0, 0.05) is 13.3 Å². The minimum Gasteiger partial charge on any atom is -0.507 e. The van der Waals surface area contributed by atoms with Crippen molar-refractivity contribution < 1.29 is 55.1 Å². The normalized spacial score (nSPS) is 14.6. The molecule has 0 aliphatic heterocycles. The van der Waals surface area contributed by atoms with E-state index in [1.807, 2.05) is 83.1 Å². The van der Waals surface area contributed by atoms with Crippen molar-refractivity contribution in [3.8, 4) is 11.5 Å². The Bertz CT molecular complexity index is 1750. The molecule has 0 saturated carbocycles. The highest BCUT2D eigenvalue weighted by atomic mass is 32.3. The third-order valence-corrected chi connectivity index (χ3v) is 11.7. The van der Waals surface area contributed by atoms with Gasteiger partial charge in [-0.3, -0.25) is 14.2 Å². The molecular weight excluding hydrogens is 689 g/mol. The summed E-state index contributed by atoms with van der Waals surface area (Å²) in [5.41, 5.74) is 1.94. The summed E-state index contributed by atoms with van der Waals surface area (Å²) in [5, 5.41) is 21.9. The van der Waals surface area contributed by atoms with Crippen LogP contribution in [0.3, 0.4) is 0 Å². The molecule has 1 atom stereocenters. The third kappa shape index (κ3) is 10.2. The molecule has 0 amide bonds. The number of carbonyl (C=O) groups excluding carboxylic acids is 2. The van der Waals surface area contributed by atoms with Gasteiger partial charge in [0.2, 0.25) is 0 Å². The molecule has 0 saturated heterocycles. The second kappa shape index (κ2) is 14.4. The molecule has 2 rings (SSSR count). The summed E-state index contributed by atoms with van der Waals surface area (Å²) >= 11 is 0. The Morgan fingerprint density at radius 3 is 1.16 bits per heavy atom. The van der Waals surface area contributed by atoms with Gasteiger partial charge in [0.05, 0.1) is 6.42 Å². The fourth-order valence-electron chi connectivity index (χ4n) is 5.13. The second-order valence-electron chi connectivity index (χ2n) is 16.9. The maximum Gasteiger partial charge on any atom is 0.361 e. The molecule has 12 nitrogen and oxygen atoms in total. The lowest BCUT2D eigenvalue weighted by atomic mass is 9.78. The highest BCUT2D eigenvalue weighted by molar-refractivity contribution is 8.05. The Morgan fingerprint density at radius 1 is 0.580 bits per heavy atom. The summed E-state index contributed by atoms with van der Waals surface area (Å²) in [6, 6.07) is 6.86. The predicted molar refractivity (Wildman–Crippen MR) is 190 cm³/mol. The van der Waals surface area contributed by atoms with Gasteiger partial charge in [-0.15, -0.1) is 0 Å². The second-order valence-corrected chi connectivity index (χ2v) is 20.7. The van der Waals surface area contributed by atoms with E-state index in [2.05, 4.69) is 9.22 Å². The number of phenols is 2. The van der Waals surface area contributed by atoms with Gasteiger partial charge in [-0.05, 0) is 72.2 Å². The Morgan fingerprint density at radius 2 is 0.880 bits per heavy atom. The van der Waals surface area contributed by atoms with Gasteiger partial charge in [0.25, 0.3) is 0 Å². The average Bonchev–Trinajstić information content (AvgIpc) is 2.91. The van der Waals surface area contributed by atoms with Crippen LogP contribution in [-0.2, 0) is 78.3 Å². The third-order valence-electron chi connectivity index (χ3n) is 8.25. The molecule has 282 valence electrons. The van der Waals surface area contributed by atoms with Crippen LogP contribution in [-0.4, -0.2) is 47.8 Å². The number of esters is 1. The minimum atomic E-state index is -5.71. The first-order chi connectivity index (χ1) is 22.2. The van der Waals surface area contributed by atoms with Crippen molar-refractivity contribution in [3.63, 3.8) is 0 Å². The molecule has 2 aromatic carbocycles. The van der Waals surface area contributed by atoms with E-state index in [4.69, 9.17) is 4.74 Å². The molecule has 1 unspecified atom stereocenters. The predicted octanol–water partition coefficient (Wildman–Crippen LogP) is 6.76. The Balaban J connectivity index is 2.24. The summed E-state index contributed by atoms with van der Waals surface area (Å²) in [6.45, 7) is 23.3. The Kier molecular flexibility index (Phi) is 12.4. The van der Waals surface area contributed by atoms with Crippen LogP contribution in [0.4, 0.5) is 0 Å². The number of hydrogen-bond acceptors (Lipinski definition) is 11. The van der Waals surface area contributed by atoms with Crippen molar-refractivity contribution in [2.75, 3.05) is 0 Å². The maximum atomic E-state index is 13.0. The first-order valence-electron chi connectivity index (χ1n) is 16.3. The van der Waals surface area contributed by atoms with Gasteiger partial charge in [0.1, 0.15) is 11.5 Å². The van der Waals surface area contributed by atoms with Gasteiger partial charge < -0.3 is 14.9 Å². The molecule has 0 heterocycles. The fraction of sp³-hybridized carbons (Fsp3) is 0.611. The SMILES string of the molecule is CC(C)(C)c1cc(CCC(=O)OOS(=O)(=O)C(C)(OC(=O)CCc2cc(C(C)(C)C)c(O)c(C(C)(C)C)c2)S(=O)(=O)O)cc(C(C)(C)C)c1O. The highest BCUT2D eigenvalue weighted by Gasteiger charge is 2.57. The lowest BCUT2D eigenvalue weighted by Gasteiger charge is -2.28. The zero-order valence-corrected chi connectivity index (χ0v) is 33.1. The molecule has 14 heteroatoms. The van der Waals surface area contributed by atoms with Gasteiger partial charge in [-0.25, -0.2) is 4.79 Å². The van der Waals surface area contributed by atoms with Crippen molar-refractivity contribution >= 4 is 32.2 Å². The number of hydrogen-bond donors (Lipinski definition) is 3. The van der Waals surface area contributed by atoms with Crippen LogP contribution in [0.1, 0.15) is 136 Å². The van der Waals surface area contributed by atoms with Gasteiger partial charge >= 0.3 is 36.4 Å². The van der Waals surface area contributed by atoms with Crippen molar-refractivity contribution in [1.29, 1.82) is 0 Å². The minimum absolute atomic E-state index is 0.0339. The van der Waals surface area contributed by atoms with Crippen LogP contribution in [0.5, 0.6) is 11.5 Å². The van der Waals surface area contributed by atoms with E-state index >= 15 is 0 Å². The van der Waals surface area contributed by atoms with E-state index in [9.17, 15) is 41.2 Å². The number of aromatic hydroxyl groups is 2. The molecule has 0 aliphatic carbocycles. The van der Waals surface area contributed by atoms with E-state index < -0.39 is 70.9 Å². The van der Waals surface area contributed by atoms with Gasteiger partial charge in [-0.1, -0.05) is 107 Å². The molecule has 3 N–H and O–H groups in total. The van der Waals surface area contributed by atoms with Crippen molar-refractivity contribution in [2.45, 2.75) is 142 Å². The van der Waals surface area contributed by atoms with Crippen LogP contribution >= 0.6 is 0 Å². The molecule has 2 aromatic rings. The van der Waals surface area contributed by atoms with Crippen LogP contribution < -0.4 is 0 Å². The monoisotopic (exact) mass is 742 g/mol. The quantitative estimate of drug-likeness (QED) is 0.0950. The molecule has 0 spiro atoms. The smallest absolute Gasteiger partial charge is 0.361 e. The summed E-state index contributed by atoms with van der Waals surface area (Å²) in [6.07, 6.45) is -0.911. The summed E-state index contributed by atoms with van der Waals surface area (Å²) in [4.78, 5) is 29.9. The van der Waals surface area contributed by atoms with Gasteiger partial charge in [-0.2, -0.15) is 16.8 Å². The van der Waals surface area contributed by atoms with Crippen LogP contribution in [0.2, 0.25) is 0 Å². The van der Waals surface area contributed by atoms with Crippen molar-refractivity contribution in [2.24, 2.45) is 0 Å². The number of benzene rings is 2. The number of ether oxygens (including phenoxy) is 1. The van der Waals surface area contributed by atoms with Crippen molar-refractivity contribution in [1.82, 2.24) is 0 Å². The van der Waals surface area contributed by atoms with Crippen LogP contribution in [0.15, 0.2) is 24.3 Å². The van der Waals surface area contributed by atoms with Crippen LogP contribution in [0, 0.1) is 0 Å². The fourth-order valence-corrected chi connectivity index (χ4v) is 6.93. The number of rotatable bonds is 11. The Hall–Kier alpha value is -3.20. The van der Waals surface area contributed by atoms with E-state index in [1.165, 1.54) is 0 Å². The highest BCUT2D eigenvalue weighted by Crippen LogP contribution is 2.41. The number of carbonyl (C=O) groups is 2. The maximum absolute atomic E-state index is 13.0. The Labute approximate surface area is 297 Å². The average molecular weight is 743 g/mol. The molecule has 0 fully saturated rings. The molecule has 0 aromatic heterocycles. The summed E-state index contributed by atoms with van der Waals surface area (Å²) in [7, 11) is -11.3. The van der Waals surface area contributed by atoms with E-state index in [-0.39, 0.29) is 24.3 Å². The lowest BCUT2D eigenvalue weighted by Crippen LogP contribution is -2.48. The molecule has 50 heavy (non-hydrogen) atoms. The molecule has 0 radical (unpaired) electrons. The first-order valence-corrected chi connectivity index (χ1v) is 19.1. The standard InChI is InChI=1S/C36H54O12S2/c1-32(2,3)24-18-22(19-25(30(24)39)33(4,5)6)14-16-28(37)46-36(13,49(41,42)43)50(44,45)48-47-29(38)17-15-23-20-26(34(7,8)9)31(40)27(21-23)35(10,11)12/h18-21,39-40H,14-17H2,1-13H3,(H,41,42,43). The van der Waals surface area contributed by atoms with E-state index in [1.54, 1.807) is 24.3 Å². The van der Waals surface area contributed by atoms with E-state index in [0.29, 0.717) is 40.3 Å². The number of aryl methyl sites for hydroxylation is 2. The molecule has 0 aliphatic rings. The van der Waals surface area contributed by atoms with Gasteiger partial charge in [0.15, 0.2) is 0 Å². The van der Waals surface area contributed by atoms with Crippen molar-refractivity contribution in [3.05, 3.63) is 57.6 Å². The summed E-state index contributed by atoms with van der Waals surface area (Å²) in [5.74, 6) is -2.27. The molecule has 0 bridgehead atoms. The topological polar surface area (TPSA) is 191 Å². The number of phenolic OH excluding ortho intramolecular Hbond substituents is 2. The van der Waals surface area contributed by atoms with Crippen LogP contribution in [0.25, 0.3) is 0 Å². The van der Waals surface area contributed by atoms with E-state index in [0.717, 1.165) is 0 Å². The zero-order chi connectivity index (χ0) is 39.1. The first kappa shape index (κ1) is 43.0. The lowest BCUT2D eigenvalue weighted by molar-refractivity contribution is -0.213. The zero-order valence-electron chi connectivity index (χ0n) is 31.5. The summed E-state index contributed by atoms with van der Waals surface area (Å²) < 4.78 is 65.9. The largest absolute Gasteiger partial charge is 0.507 e.